The summed E-state index contributed by atoms with van der Waals surface area (Å²) in [5.74, 6) is 1.68. The summed E-state index contributed by atoms with van der Waals surface area (Å²) in [4.78, 5) is 11.1. The van der Waals surface area contributed by atoms with Gasteiger partial charge in [-0.15, -0.1) is 0 Å². The van der Waals surface area contributed by atoms with Gasteiger partial charge in [-0.3, -0.25) is 0 Å². The number of rotatable bonds is 5. The Balaban J connectivity index is 2.28. The maximum absolute atomic E-state index is 9.39. The molecule has 5 nitrogen and oxygen atoms in total. The van der Waals surface area contributed by atoms with E-state index in [1.807, 2.05) is 6.92 Å². The van der Waals surface area contributed by atoms with Crippen LogP contribution in [0.15, 0.2) is 0 Å². The van der Waals surface area contributed by atoms with Crippen LogP contribution in [0.25, 0.3) is 0 Å². The Kier molecular flexibility index (Phi) is 5.17. The molecule has 0 saturated carbocycles. The number of aryl methyl sites for hydroxylation is 1. The number of aliphatic hydroxyl groups excluding tert-OH is 1. The number of aliphatic hydroxyl groups is 1. The van der Waals surface area contributed by atoms with Crippen LogP contribution in [0.1, 0.15) is 43.9 Å². The lowest BCUT2D eigenvalue weighted by atomic mass is 9.98. The van der Waals surface area contributed by atoms with E-state index in [9.17, 15) is 5.11 Å². The van der Waals surface area contributed by atoms with Crippen molar-refractivity contribution in [2.45, 2.75) is 46.0 Å². The lowest BCUT2D eigenvalue weighted by Gasteiger charge is -2.34. The first-order chi connectivity index (χ1) is 9.65. The van der Waals surface area contributed by atoms with Gasteiger partial charge in [0, 0.05) is 31.0 Å². The number of anilines is 2. The largest absolute Gasteiger partial charge is 0.396 e. The van der Waals surface area contributed by atoms with Crippen molar-refractivity contribution in [2.24, 2.45) is 5.92 Å². The fourth-order valence-electron chi connectivity index (χ4n) is 2.92. The second kappa shape index (κ2) is 6.88. The molecular weight excluding hydrogens is 252 g/mol. The topological polar surface area (TPSA) is 75.3 Å². The van der Waals surface area contributed by atoms with Gasteiger partial charge in [-0.2, -0.15) is 4.98 Å². The Morgan fingerprint density at radius 2 is 2.20 bits per heavy atom. The first-order valence-corrected chi connectivity index (χ1v) is 7.64. The standard InChI is InChI=1S/C15H26N4O/c1-3-4-7-13-11(2)17-15(16)18-14(13)19-8-5-6-12(9-19)10-20/h12,20H,3-10H2,1-2H3,(H2,16,17,18). The van der Waals surface area contributed by atoms with E-state index in [4.69, 9.17) is 5.73 Å². The highest BCUT2D eigenvalue weighted by atomic mass is 16.3. The SMILES string of the molecule is CCCCc1c(C)nc(N)nc1N1CCCC(CO)C1. The normalized spacial score (nSPS) is 19.4. The molecule has 112 valence electrons. The molecule has 0 bridgehead atoms. The minimum absolute atomic E-state index is 0.250. The summed E-state index contributed by atoms with van der Waals surface area (Å²) >= 11 is 0. The first-order valence-electron chi connectivity index (χ1n) is 7.64. The van der Waals surface area contributed by atoms with Crippen LogP contribution in [-0.4, -0.2) is 34.8 Å². The third-order valence-corrected chi connectivity index (χ3v) is 4.07. The second-order valence-corrected chi connectivity index (χ2v) is 5.71. The average molecular weight is 278 g/mol. The first kappa shape index (κ1) is 15.0. The lowest BCUT2D eigenvalue weighted by molar-refractivity contribution is 0.208. The molecule has 2 rings (SSSR count). The van der Waals surface area contributed by atoms with Crippen molar-refractivity contribution in [1.29, 1.82) is 0 Å². The van der Waals surface area contributed by atoms with E-state index in [-0.39, 0.29) is 6.61 Å². The molecule has 1 atom stereocenters. The number of nitrogens with zero attached hydrogens (tertiary/aromatic N) is 3. The van der Waals surface area contributed by atoms with Crippen LogP contribution in [0.3, 0.4) is 0 Å². The van der Waals surface area contributed by atoms with Gasteiger partial charge >= 0.3 is 0 Å². The van der Waals surface area contributed by atoms with Gasteiger partial charge in [0.15, 0.2) is 0 Å². The summed E-state index contributed by atoms with van der Waals surface area (Å²) in [6.45, 7) is 6.31. The van der Waals surface area contributed by atoms with Gasteiger partial charge in [-0.25, -0.2) is 4.98 Å². The fraction of sp³-hybridized carbons (Fsp3) is 0.733. The van der Waals surface area contributed by atoms with E-state index in [1.165, 1.54) is 5.56 Å². The third-order valence-electron chi connectivity index (χ3n) is 4.07. The molecule has 1 fully saturated rings. The van der Waals surface area contributed by atoms with Crippen LogP contribution < -0.4 is 10.6 Å². The highest BCUT2D eigenvalue weighted by molar-refractivity contribution is 5.52. The van der Waals surface area contributed by atoms with Gasteiger partial charge in [0.1, 0.15) is 5.82 Å². The summed E-state index contributed by atoms with van der Waals surface area (Å²) in [5, 5.41) is 9.39. The average Bonchev–Trinajstić information content (AvgIpc) is 2.45. The molecule has 0 amide bonds. The molecule has 20 heavy (non-hydrogen) atoms. The smallest absolute Gasteiger partial charge is 0.222 e. The Morgan fingerprint density at radius 1 is 1.40 bits per heavy atom. The molecule has 2 heterocycles. The molecule has 1 unspecified atom stereocenters. The van der Waals surface area contributed by atoms with Crippen molar-refractivity contribution in [3.05, 3.63) is 11.3 Å². The van der Waals surface area contributed by atoms with Crippen LogP contribution in [0, 0.1) is 12.8 Å². The summed E-state index contributed by atoms with van der Waals surface area (Å²) in [7, 11) is 0. The van der Waals surface area contributed by atoms with Crippen LogP contribution in [-0.2, 0) is 6.42 Å². The van der Waals surface area contributed by atoms with E-state index in [2.05, 4.69) is 21.8 Å². The number of unbranched alkanes of at least 4 members (excludes halogenated alkanes) is 1. The van der Waals surface area contributed by atoms with E-state index >= 15 is 0 Å². The van der Waals surface area contributed by atoms with Gasteiger partial charge in [-0.1, -0.05) is 13.3 Å². The van der Waals surface area contributed by atoms with Gasteiger partial charge in [0.25, 0.3) is 0 Å². The van der Waals surface area contributed by atoms with Crippen LogP contribution in [0.4, 0.5) is 11.8 Å². The number of nitrogens with two attached hydrogens (primary N) is 1. The van der Waals surface area contributed by atoms with E-state index < -0.39 is 0 Å². The summed E-state index contributed by atoms with van der Waals surface area (Å²) < 4.78 is 0. The van der Waals surface area contributed by atoms with Gasteiger partial charge < -0.3 is 15.7 Å². The van der Waals surface area contributed by atoms with Gasteiger partial charge in [0.05, 0.1) is 0 Å². The third kappa shape index (κ3) is 3.39. The Hall–Kier alpha value is -1.36. The molecule has 1 aliphatic rings. The van der Waals surface area contributed by atoms with Crippen molar-refractivity contribution < 1.29 is 5.11 Å². The highest BCUT2D eigenvalue weighted by Crippen LogP contribution is 2.27. The van der Waals surface area contributed by atoms with Crippen molar-refractivity contribution in [2.75, 3.05) is 30.3 Å². The maximum atomic E-state index is 9.39. The summed E-state index contributed by atoms with van der Waals surface area (Å²) in [5.41, 5.74) is 8.05. The van der Waals surface area contributed by atoms with Crippen molar-refractivity contribution >= 4 is 11.8 Å². The zero-order valence-electron chi connectivity index (χ0n) is 12.6. The number of nitrogen functional groups attached to an aromatic ring is 1. The quantitative estimate of drug-likeness (QED) is 0.860. The number of piperidine rings is 1. The van der Waals surface area contributed by atoms with Gasteiger partial charge in [0.2, 0.25) is 5.95 Å². The fourth-order valence-corrected chi connectivity index (χ4v) is 2.92. The molecule has 1 saturated heterocycles. The molecule has 0 aromatic carbocycles. The molecule has 3 N–H and O–H groups in total. The zero-order valence-corrected chi connectivity index (χ0v) is 12.6. The molecular formula is C15H26N4O. The second-order valence-electron chi connectivity index (χ2n) is 5.71. The number of hydrogen-bond donors (Lipinski definition) is 2. The van der Waals surface area contributed by atoms with E-state index in [1.54, 1.807) is 0 Å². The molecule has 0 spiro atoms. The number of hydrogen-bond acceptors (Lipinski definition) is 5. The monoisotopic (exact) mass is 278 g/mol. The number of aromatic nitrogens is 2. The van der Waals surface area contributed by atoms with Crippen LogP contribution in [0.5, 0.6) is 0 Å². The van der Waals surface area contributed by atoms with Crippen LogP contribution >= 0.6 is 0 Å². The lowest BCUT2D eigenvalue weighted by Crippen LogP contribution is -2.38. The van der Waals surface area contributed by atoms with E-state index in [0.717, 1.165) is 56.7 Å². The highest BCUT2D eigenvalue weighted by Gasteiger charge is 2.23. The van der Waals surface area contributed by atoms with Crippen molar-refractivity contribution in [1.82, 2.24) is 9.97 Å². The molecule has 1 aromatic heterocycles. The molecule has 0 radical (unpaired) electrons. The molecule has 1 aromatic rings. The molecule has 5 heteroatoms. The predicted molar refractivity (Wildman–Crippen MR) is 81.8 cm³/mol. The summed E-state index contributed by atoms with van der Waals surface area (Å²) in [6, 6.07) is 0. The van der Waals surface area contributed by atoms with Crippen molar-refractivity contribution in [3.8, 4) is 0 Å². The Labute approximate surface area is 121 Å². The minimum Gasteiger partial charge on any atom is -0.396 e. The minimum atomic E-state index is 0.250. The van der Waals surface area contributed by atoms with Crippen LogP contribution in [0.2, 0.25) is 0 Å². The van der Waals surface area contributed by atoms with Crippen molar-refractivity contribution in [3.63, 3.8) is 0 Å². The molecule has 0 aliphatic carbocycles. The predicted octanol–water partition coefficient (Wildman–Crippen LogP) is 1.92. The Bertz CT molecular complexity index is 450. The van der Waals surface area contributed by atoms with Gasteiger partial charge in [-0.05, 0) is 38.5 Å². The maximum Gasteiger partial charge on any atom is 0.222 e. The molecule has 1 aliphatic heterocycles. The summed E-state index contributed by atoms with van der Waals surface area (Å²) in [6.07, 6.45) is 5.48. The Morgan fingerprint density at radius 3 is 2.90 bits per heavy atom. The zero-order chi connectivity index (χ0) is 14.5. The van der Waals surface area contributed by atoms with E-state index in [0.29, 0.717) is 11.9 Å².